The third-order valence-electron chi connectivity index (χ3n) is 7.95. The number of hydrogen-bond acceptors (Lipinski definition) is 10. The van der Waals surface area contributed by atoms with Gasteiger partial charge in [-0.15, -0.1) is 0 Å². The van der Waals surface area contributed by atoms with Crippen LogP contribution >= 0.6 is 0 Å². The molecule has 290 valence electrons. The maximum Gasteiger partial charge on any atom is 0.322 e. The van der Waals surface area contributed by atoms with Crippen LogP contribution in [-0.2, 0) is 51.2 Å². The normalized spacial score (nSPS) is 14.4. The molecule has 1 aromatic carbocycles. The molecule has 1 aromatic heterocycles. The lowest BCUT2D eigenvalue weighted by molar-refractivity contribution is -0.139. The molecule has 19 nitrogen and oxygen atoms in total. The van der Waals surface area contributed by atoms with Crippen molar-refractivity contribution in [2.45, 2.75) is 90.1 Å². The standard InChI is InChI=1S/C34H50N10O9/c1-17(2)27(43-29(48)19(5)40-30(49)22(35)12-21-14-37-16-39-21)33(52)41-23(11-20-9-7-6-8-10-20)32(51)44-28(18(3)4)34(53)42-24(13-25(36)45)31(50)38-15-26(46)47/h6-10,14,16-19,22-24,27-28H,11-13,15,35H2,1-5H3,(H2,36,45)(H,37,39)(H,38,50)(H,40,49)(H,41,52)(H,42,53)(H,43,48)(H,44,51)(H,46,47)/t19-,22-,23-,24-,27-,28-/m0/s1. The van der Waals surface area contributed by atoms with Crippen molar-refractivity contribution in [2.75, 3.05) is 6.54 Å². The first-order valence-corrected chi connectivity index (χ1v) is 17.0. The van der Waals surface area contributed by atoms with E-state index < -0.39 is 108 Å². The zero-order valence-corrected chi connectivity index (χ0v) is 30.3. The number of carbonyl (C=O) groups excluding carboxylic acids is 7. The number of aromatic nitrogens is 2. The van der Waals surface area contributed by atoms with Gasteiger partial charge in [0.2, 0.25) is 41.4 Å². The van der Waals surface area contributed by atoms with E-state index in [1.165, 1.54) is 19.4 Å². The molecule has 0 bridgehead atoms. The average molecular weight is 743 g/mol. The van der Waals surface area contributed by atoms with Gasteiger partial charge in [0.15, 0.2) is 0 Å². The number of carboxylic acids is 1. The van der Waals surface area contributed by atoms with Crippen molar-refractivity contribution in [3.05, 3.63) is 54.1 Å². The first-order chi connectivity index (χ1) is 24.9. The van der Waals surface area contributed by atoms with E-state index >= 15 is 0 Å². The maximum absolute atomic E-state index is 13.8. The predicted octanol–water partition coefficient (Wildman–Crippen LogP) is -2.65. The second-order valence-corrected chi connectivity index (χ2v) is 13.2. The second-order valence-electron chi connectivity index (χ2n) is 13.2. The number of nitrogens with one attached hydrogen (secondary N) is 7. The highest BCUT2D eigenvalue weighted by Gasteiger charge is 2.34. The number of carboxylic acid groups (broad SMARTS) is 1. The number of nitrogens with zero attached hydrogens (tertiary/aromatic N) is 1. The van der Waals surface area contributed by atoms with Gasteiger partial charge < -0.3 is 53.5 Å². The highest BCUT2D eigenvalue weighted by molar-refractivity contribution is 5.97. The van der Waals surface area contributed by atoms with Gasteiger partial charge in [-0.25, -0.2) is 4.98 Å². The third kappa shape index (κ3) is 14.7. The van der Waals surface area contributed by atoms with Crippen molar-refractivity contribution in [2.24, 2.45) is 23.3 Å². The molecule has 1 heterocycles. The lowest BCUT2D eigenvalue weighted by Gasteiger charge is -2.29. The van der Waals surface area contributed by atoms with Crippen molar-refractivity contribution in [3.8, 4) is 0 Å². The molecule has 0 spiro atoms. The lowest BCUT2D eigenvalue weighted by Crippen LogP contribution is -2.61. The minimum absolute atomic E-state index is 0.0216. The van der Waals surface area contributed by atoms with E-state index in [-0.39, 0.29) is 12.8 Å². The maximum atomic E-state index is 13.8. The number of amides is 7. The van der Waals surface area contributed by atoms with Crippen molar-refractivity contribution in [1.82, 2.24) is 41.9 Å². The average Bonchev–Trinajstić information content (AvgIpc) is 3.60. The van der Waals surface area contributed by atoms with Crippen LogP contribution in [0.5, 0.6) is 0 Å². The molecule has 0 radical (unpaired) electrons. The summed E-state index contributed by atoms with van der Waals surface area (Å²) in [7, 11) is 0. The fraction of sp³-hybridized carbons (Fsp3) is 0.500. The van der Waals surface area contributed by atoms with Gasteiger partial charge in [0.1, 0.15) is 36.8 Å². The molecule has 0 aliphatic heterocycles. The molecule has 12 N–H and O–H groups in total. The summed E-state index contributed by atoms with van der Waals surface area (Å²) in [6.45, 7) is 7.22. The Bertz CT molecular complexity index is 1580. The summed E-state index contributed by atoms with van der Waals surface area (Å²) >= 11 is 0. The summed E-state index contributed by atoms with van der Waals surface area (Å²) in [5.74, 6) is -7.99. The minimum atomic E-state index is -1.54. The summed E-state index contributed by atoms with van der Waals surface area (Å²) in [5.41, 5.74) is 12.5. The van der Waals surface area contributed by atoms with Crippen LogP contribution in [0.25, 0.3) is 0 Å². The SMILES string of the molecule is CC(C)[C@H](NC(=O)[C@H](C)NC(=O)[C@@H](N)Cc1cnc[nH]1)C(=O)N[C@@H](Cc1ccccc1)C(=O)N[C@H](C(=O)N[C@@H](CC(N)=O)C(=O)NCC(=O)O)C(C)C. The van der Waals surface area contributed by atoms with Crippen molar-refractivity contribution in [1.29, 1.82) is 0 Å². The first kappa shape index (κ1) is 43.3. The summed E-state index contributed by atoms with van der Waals surface area (Å²) in [5, 5.41) is 23.8. The Hall–Kier alpha value is -5.85. The largest absolute Gasteiger partial charge is 0.480 e. The monoisotopic (exact) mass is 742 g/mol. The van der Waals surface area contributed by atoms with Gasteiger partial charge in [-0.1, -0.05) is 58.0 Å². The van der Waals surface area contributed by atoms with Gasteiger partial charge in [-0.05, 0) is 24.3 Å². The molecule has 19 heteroatoms. The Balaban J connectivity index is 2.23. The Morgan fingerprint density at radius 1 is 0.717 bits per heavy atom. The van der Waals surface area contributed by atoms with Gasteiger partial charge in [0, 0.05) is 24.7 Å². The quantitative estimate of drug-likeness (QED) is 0.0630. The summed E-state index contributed by atoms with van der Waals surface area (Å²) in [6.07, 6.45) is 2.45. The van der Waals surface area contributed by atoms with Crippen LogP contribution in [0.4, 0.5) is 0 Å². The zero-order valence-electron chi connectivity index (χ0n) is 30.3. The molecule has 0 unspecified atom stereocenters. The molecule has 2 rings (SSSR count). The van der Waals surface area contributed by atoms with E-state index in [9.17, 15) is 38.4 Å². The smallest absolute Gasteiger partial charge is 0.322 e. The number of nitrogens with two attached hydrogens (primary N) is 2. The van der Waals surface area contributed by atoms with Crippen LogP contribution < -0.4 is 43.4 Å². The van der Waals surface area contributed by atoms with E-state index in [4.69, 9.17) is 16.6 Å². The fourth-order valence-corrected chi connectivity index (χ4v) is 4.99. The van der Waals surface area contributed by atoms with E-state index in [0.717, 1.165) is 0 Å². The Kier molecular flexibility index (Phi) is 17.1. The Labute approximate surface area is 306 Å². The number of benzene rings is 1. The Morgan fingerprint density at radius 2 is 1.28 bits per heavy atom. The number of rotatable bonds is 21. The number of carbonyl (C=O) groups is 8. The lowest BCUT2D eigenvalue weighted by atomic mass is 9.99. The van der Waals surface area contributed by atoms with Gasteiger partial charge in [0.25, 0.3) is 0 Å². The number of hydrogen-bond donors (Lipinski definition) is 10. The van der Waals surface area contributed by atoms with Crippen molar-refractivity contribution >= 4 is 47.3 Å². The van der Waals surface area contributed by atoms with Crippen molar-refractivity contribution in [3.63, 3.8) is 0 Å². The van der Waals surface area contributed by atoms with E-state index in [0.29, 0.717) is 11.3 Å². The molecule has 7 amide bonds. The molecule has 0 fully saturated rings. The molecule has 0 aliphatic carbocycles. The van der Waals surface area contributed by atoms with E-state index in [1.54, 1.807) is 58.0 Å². The Morgan fingerprint density at radius 3 is 1.79 bits per heavy atom. The molecule has 53 heavy (non-hydrogen) atoms. The number of imidazole rings is 1. The van der Waals surface area contributed by atoms with Crippen LogP contribution in [0, 0.1) is 11.8 Å². The molecular formula is C34H50N10O9. The summed E-state index contributed by atoms with van der Waals surface area (Å²) < 4.78 is 0. The van der Waals surface area contributed by atoms with Crippen molar-refractivity contribution < 1.29 is 43.5 Å². The van der Waals surface area contributed by atoms with Crippen LogP contribution in [-0.4, -0.2) is 105 Å². The molecule has 0 saturated heterocycles. The van der Waals surface area contributed by atoms with Crippen LogP contribution in [0.15, 0.2) is 42.9 Å². The molecular weight excluding hydrogens is 692 g/mol. The van der Waals surface area contributed by atoms with Crippen LogP contribution in [0.2, 0.25) is 0 Å². The number of aromatic amines is 1. The molecule has 2 aromatic rings. The minimum Gasteiger partial charge on any atom is -0.480 e. The first-order valence-electron chi connectivity index (χ1n) is 17.0. The van der Waals surface area contributed by atoms with Crippen LogP contribution in [0.3, 0.4) is 0 Å². The van der Waals surface area contributed by atoms with E-state index in [2.05, 4.69) is 41.9 Å². The number of aliphatic carboxylic acids is 1. The molecule has 0 saturated carbocycles. The fourth-order valence-electron chi connectivity index (χ4n) is 4.99. The summed E-state index contributed by atoms with van der Waals surface area (Å²) in [4.78, 5) is 109. The summed E-state index contributed by atoms with van der Waals surface area (Å²) in [6, 6.07) is 1.38. The second kappa shape index (κ2) is 20.9. The molecule has 0 aliphatic rings. The van der Waals surface area contributed by atoms with Crippen LogP contribution in [0.1, 0.15) is 52.3 Å². The topological polar surface area (TPSA) is 310 Å². The third-order valence-corrected chi connectivity index (χ3v) is 7.95. The zero-order chi connectivity index (χ0) is 39.8. The van der Waals surface area contributed by atoms with E-state index in [1.807, 2.05) is 0 Å². The van der Waals surface area contributed by atoms with Gasteiger partial charge in [-0.2, -0.15) is 0 Å². The number of H-pyrrole nitrogens is 1. The predicted molar refractivity (Wildman–Crippen MR) is 190 cm³/mol. The molecule has 6 atom stereocenters. The number of primary amides is 1. The highest BCUT2D eigenvalue weighted by atomic mass is 16.4. The van der Waals surface area contributed by atoms with Gasteiger partial charge in [-0.3, -0.25) is 38.4 Å². The van der Waals surface area contributed by atoms with Gasteiger partial charge in [0.05, 0.1) is 18.8 Å². The van der Waals surface area contributed by atoms with Gasteiger partial charge >= 0.3 is 5.97 Å². The highest BCUT2D eigenvalue weighted by Crippen LogP contribution is 2.10.